The van der Waals surface area contributed by atoms with Gasteiger partial charge >= 0.3 is 5.97 Å². The van der Waals surface area contributed by atoms with Crippen molar-refractivity contribution < 1.29 is 14.2 Å². The SMILES string of the molecule is COC1(OC)OCCc2ccccc21. The Labute approximate surface area is 83.6 Å². The molecule has 0 aliphatic carbocycles. The molecule has 0 amide bonds. The molecular weight excluding hydrogens is 180 g/mol. The van der Waals surface area contributed by atoms with Crippen molar-refractivity contribution in [3.63, 3.8) is 0 Å². The third-order valence-corrected chi connectivity index (χ3v) is 2.55. The average Bonchev–Trinajstić information content (AvgIpc) is 2.28. The van der Waals surface area contributed by atoms with E-state index in [2.05, 4.69) is 6.07 Å². The quantitative estimate of drug-likeness (QED) is 0.670. The summed E-state index contributed by atoms with van der Waals surface area (Å²) in [6.45, 7) is 0.624. The zero-order valence-electron chi connectivity index (χ0n) is 8.45. The Morgan fingerprint density at radius 1 is 1.21 bits per heavy atom. The normalized spacial score (nSPS) is 19.0. The third kappa shape index (κ3) is 1.34. The van der Waals surface area contributed by atoms with E-state index < -0.39 is 5.97 Å². The molecule has 1 aromatic rings. The zero-order valence-corrected chi connectivity index (χ0v) is 8.45. The molecule has 0 radical (unpaired) electrons. The van der Waals surface area contributed by atoms with E-state index in [1.165, 1.54) is 5.56 Å². The first-order valence-corrected chi connectivity index (χ1v) is 4.65. The van der Waals surface area contributed by atoms with Crippen molar-refractivity contribution in [3.05, 3.63) is 35.4 Å². The van der Waals surface area contributed by atoms with E-state index in [0.717, 1.165) is 12.0 Å². The Kier molecular flexibility index (Phi) is 2.54. The Balaban J connectivity index is 2.48. The Hall–Kier alpha value is -0.900. The van der Waals surface area contributed by atoms with E-state index in [1.807, 2.05) is 18.2 Å². The largest absolute Gasteiger partial charge is 0.327 e. The van der Waals surface area contributed by atoms with Gasteiger partial charge in [-0.3, -0.25) is 0 Å². The zero-order chi connectivity index (χ0) is 10.0. The van der Waals surface area contributed by atoms with Crippen molar-refractivity contribution in [1.82, 2.24) is 0 Å². The lowest BCUT2D eigenvalue weighted by Crippen LogP contribution is -2.39. The molecule has 0 spiro atoms. The predicted octanol–water partition coefficient (Wildman–Crippen LogP) is 1.66. The summed E-state index contributed by atoms with van der Waals surface area (Å²) >= 11 is 0. The second-order valence-electron chi connectivity index (χ2n) is 3.22. The lowest BCUT2D eigenvalue weighted by molar-refractivity contribution is -0.379. The molecule has 2 rings (SSSR count). The second kappa shape index (κ2) is 3.69. The van der Waals surface area contributed by atoms with Crippen LogP contribution in [-0.4, -0.2) is 20.8 Å². The Morgan fingerprint density at radius 2 is 1.93 bits per heavy atom. The Morgan fingerprint density at radius 3 is 2.64 bits per heavy atom. The van der Waals surface area contributed by atoms with E-state index >= 15 is 0 Å². The molecular formula is C11H14O3. The first-order chi connectivity index (χ1) is 6.82. The standard InChI is InChI=1S/C11H14O3/c1-12-11(13-2)10-6-4-3-5-9(10)7-8-14-11/h3-6H,7-8H2,1-2H3. The minimum Gasteiger partial charge on any atom is -0.327 e. The topological polar surface area (TPSA) is 27.7 Å². The van der Waals surface area contributed by atoms with Crippen LogP contribution in [0.5, 0.6) is 0 Å². The fraction of sp³-hybridized carbons (Fsp3) is 0.455. The van der Waals surface area contributed by atoms with E-state index in [-0.39, 0.29) is 0 Å². The summed E-state index contributed by atoms with van der Waals surface area (Å²) < 4.78 is 16.2. The predicted molar refractivity (Wildman–Crippen MR) is 51.8 cm³/mol. The van der Waals surface area contributed by atoms with Gasteiger partial charge in [0.1, 0.15) is 0 Å². The van der Waals surface area contributed by atoms with Gasteiger partial charge in [-0.2, -0.15) is 0 Å². The molecule has 0 fully saturated rings. The molecule has 1 aliphatic rings. The summed E-state index contributed by atoms with van der Waals surface area (Å²) in [7, 11) is 3.18. The van der Waals surface area contributed by atoms with Crippen LogP contribution in [0.25, 0.3) is 0 Å². The number of methoxy groups -OCH3 is 2. The summed E-state index contributed by atoms with van der Waals surface area (Å²) in [4.78, 5) is 0. The van der Waals surface area contributed by atoms with Gasteiger partial charge in [0.15, 0.2) is 0 Å². The lowest BCUT2D eigenvalue weighted by Gasteiger charge is -2.35. The Bertz CT molecular complexity index is 318. The maximum Gasteiger partial charge on any atom is 0.311 e. The highest BCUT2D eigenvalue weighted by Gasteiger charge is 2.38. The number of hydrogen-bond acceptors (Lipinski definition) is 3. The molecule has 0 saturated carbocycles. The third-order valence-electron chi connectivity index (χ3n) is 2.55. The molecule has 3 heteroatoms. The van der Waals surface area contributed by atoms with Crippen molar-refractivity contribution in [2.75, 3.05) is 20.8 Å². The number of hydrogen-bond donors (Lipinski definition) is 0. The van der Waals surface area contributed by atoms with Crippen molar-refractivity contribution in [3.8, 4) is 0 Å². The van der Waals surface area contributed by atoms with Crippen LogP contribution >= 0.6 is 0 Å². The smallest absolute Gasteiger partial charge is 0.311 e. The van der Waals surface area contributed by atoms with E-state index in [9.17, 15) is 0 Å². The molecule has 14 heavy (non-hydrogen) atoms. The number of ether oxygens (including phenoxy) is 3. The van der Waals surface area contributed by atoms with Gasteiger partial charge in [0.2, 0.25) is 0 Å². The molecule has 0 bridgehead atoms. The monoisotopic (exact) mass is 194 g/mol. The van der Waals surface area contributed by atoms with E-state index in [1.54, 1.807) is 14.2 Å². The number of rotatable bonds is 2. The van der Waals surface area contributed by atoms with Crippen molar-refractivity contribution >= 4 is 0 Å². The highest BCUT2D eigenvalue weighted by molar-refractivity contribution is 5.31. The summed E-state index contributed by atoms with van der Waals surface area (Å²) in [6.07, 6.45) is 0.907. The van der Waals surface area contributed by atoms with E-state index in [0.29, 0.717) is 6.61 Å². The highest BCUT2D eigenvalue weighted by atomic mass is 16.9. The molecule has 1 aromatic carbocycles. The van der Waals surface area contributed by atoms with E-state index in [4.69, 9.17) is 14.2 Å². The minimum atomic E-state index is -1.01. The van der Waals surface area contributed by atoms with Crippen molar-refractivity contribution in [2.24, 2.45) is 0 Å². The molecule has 0 saturated heterocycles. The molecule has 1 aliphatic heterocycles. The van der Waals surface area contributed by atoms with Crippen LogP contribution in [0, 0.1) is 0 Å². The summed E-state index contributed by atoms with van der Waals surface area (Å²) in [5.41, 5.74) is 2.19. The fourth-order valence-corrected chi connectivity index (χ4v) is 1.83. The molecule has 3 nitrogen and oxygen atoms in total. The van der Waals surface area contributed by atoms with Crippen LogP contribution in [0.3, 0.4) is 0 Å². The van der Waals surface area contributed by atoms with Gasteiger partial charge in [-0.25, -0.2) is 0 Å². The van der Waals surface area contributed by atoms with Gasteiger partial charge in [0, 0.05) is 19.8 Å². The molecule has 76 valence electrons. The van der Waals surface area contributed by atoms with Gasteiger partial charge in [-0.1, -0.05) is 24.3 Å². The molecule has 0 aromatic heterocycles. The van der Waals surface area contributed by atoms with Crippen LogP contribution in [0.15, 0.2) is 24.3 Å². The molecule has 1 heterocycles. The summed E-state index contributed by atoms with van der Waals surface area (Å²) in [5.74, 6) is -1.01. The van der Waals surface area contributed by atoms with Gasteiger partial charge in [0.25, 0.3) is 0 Å². The lowest BCUT2D eigenvalue weighted by atomic mass is 10.0. The second-order valence-corrected chi connectivity index (χ2v) is 3.22. The van der Waals surface area contributed by atoms with Gasteiger partial charge < -0.3 is 14.2 Å². The van der Waals surface area contributed by atoms with Crippen LogP contribution in [0.4, 0.5) is 0 Å². The minimum absolute atomic E-state index is 0.624. The van der Waals surface area contributed by atoms with Gasteiger partial charge in [0.05, 0.1) is 6.61 Å². The summed E-state index contributed by atoms with van der Waals surface area (Å²) in [6, 6.07) is 8.02. The molecule has 0 N–H and O–H groups in total. The molecule has 0 atom stereocenters. The maximum atomic E-state index is 5.55. The maximum absolute atomic E-state index is 5.55. The average molecular weight is 194 g/mol. The van der Waals surface area contributed by atoms with Crippen molar-refractivity contribution in [2.45, 2.75) is 12.4 Å². The fourth-order valence-electron chi connectivity index (χ4n) is 1.83. The van der Waals surface area contributed by atoms with Crippen LogP contribution in [-0.2, 0) is 26.6 Å². The highest BCUT2D eigenvalue weighted by Crippen LogP contribution is 2.34. The van der Waals surface area contributed by atoms with Crippen LogP contribution in [0.1, 0.15) is 11.1 Å². The first-order valence-electron chi connectivity index (χ1n) is 4.65. The van der Waals surface area contributed by atoms with Crippen LogP contribution < -0.4 is 0 Å². The molecule has 0 unspecified atom stereocenters. The summed E-state index contributed by atoms with van der Waals surface area (Å²) in [5, 5.41) is 0. The van der Waals surface area contributed by atoms with Gasteiger partial charge in [-0.05, 0) is 12.0 Å². The van der Waals surface area contributed by atoms with Crippen molar-refractivity contribution in [1.29, 1.82) is 0 Å². The first kappa shape index (κ1) is 9.65. The number of benzene rings is 1. The van der Waals surface area contributed by atoms with Crippen LogP contribution in [0.2, 0.25) is 0 Å². The van der Waals surface area contributed by atoms with Gasteiger partial charge in [-0.15, -0.1) is 0 Å². The number of fused-ring (bicyclic) bond motifs is 1.